The van der Waals surface area contributed by atoms with E-state index in [9.17, 15) is 0 Å². The summed E-state index contributed by atoms with van der Waals surface area (Å²) in [6.07, 6.45) is 13.2. The van der Waals surface area contributed by atoms with E-state index in [1.54, 1.807) is 0 Å². The van der Waals surface area contributed by atoms with Crippen molar-refractivity contribution in [3.8, 4) is 0 Å². The van der Waals surface area contributed by atoms with Gasteiger partial charge in [-0.1, -0.05) is 48.4 Å². The van der Waals surface area contributed by atoms with Gasteiger partial charge in [-0.05, 0) is 32.1 Å². The molecule has 1 nitrogen and oxygen atoms in total. The van der Waals surface area contributed by atoms with E-state index in [-0.39, 0.29) is 25.8 Å². The van der Waals surface area contributed by atoms with Gasteiger partial charge in [0.05, 0.1) is 0 Å². The van der Waals surface area contributed by atoms with Gasteiger partial charge >= 0.3 is 25.8 Å². The normalized spacial score (nSPS) is 14.3. The summed E-state index contributed by atoms with van der Waals surface area (Å²) in [5.74, 6) is 0. The number of hydrogen-bond acceptors (Lipinski definition) is 1. The summed E-state index contributed by atoms with van der Waals surface area (Å²) >= 11 is 0. The van der Waals surface area contributed by atoms with Crippen molar-refractivity contribution in [2.24, 2.45) is 0 Å². The van der Waals surface area contributed by atoms with Crippen molar-refractivity contribution >= 4 is 12.2 Å². The third-order valence-electron chi connectivity index (χ3n) is 4.09. The Bertz CT molecular complexity index is 591. The van der Waals surface area contributed by atoms with E-state index < -0.39 is 0 Å². The van der Waals surface area contributed by atoms with Crippen LogP contribution in [0.3, 0.4) is 0 Å². The fourth-order valence-corrected chi connectivity index (χ4v) is 2.59. The van der Waals surface area contributed by atoms with Gasteiger partial charge < -0.3 is 4.74 Å². The molecule has 2 saturated heterocycles. The number of ether oxygens (including phenoxy) is 1. The largest absolute Gasteiger partial charge is 3.00 e. The molecule has 0 aliphatic carbocycles. The first-order chi connectivity index (χ1) is 14.5. The Labute approximate surface area is 203 Å². The van der Waals surface area contributed by atoms with Crippen molar-refractivity contribution in [1.82, 2.24) is 0 Å². The molecule has 3 aromatic carbocycles. The summed E-state index contributed by atoms with van der Waals surface area (Å²) in [6.45, 7) is 2.47. The van der Waals surface area contributed by atoms with E-state index in [2.05, 4.69) is 68.3 Å². The molecule has 0 saturated carbocycles. The maximum absolute atomic E-state index is 4.94. The Hall–Kier alpha value is -1.44. The standard InChI is InChI=1S/C11H10B.2C6H5.C4H8O.Sc/c1-3-7-11(8-4-1)12-9-5-2-6-10-12;2*1-2-4-6-5-3-1;1-2-4-5-3-1;/h1-10H;2*1-5H;1-4H2;/q;2*-1;;+3. The smallest absolute Gasteiger partial charge is 0.381 e. The second-order valence-electron chi connectivity index (χ2n) is 6.37. The van der Waals surface area contributed by atoms with Crippen molar-refractivity contribution in [2.45, 2.75) is 12.8 Å². The van der Waals surface area contributed by atoms with Gasteiger partial charge in [0.2, 0.25) is 0 Å². The van der Waals surface area contributed by atoms with Crippen molar-refractivity contribution in [3.63, 3.8) is 0 Å². The molecule has 0 unspecified atom stereocenters. The quantitative estimate of drug-likeness (QED) is 0.382. The zero-order valence-corrected chi connectivity index (χ0v) is 19.2. The molecule has 0 spiro atoms. The molecule has 0 bridgehead atoms. The molecule has 2 heterocycles. The van der Waals surface area contributed by atoms with Crippen molar-refractivity contribution in [2.75, 3.05) is 13.2 Å². The Balaban J connectivity index is 0.000000213. The van der Waals surface area contributed by atoms with Crippen molar-refractivity contribution in [3.05, 3.63) is 135 Å². The van der Waals surface area contributed by atoms with Crippen LogP contribution in [0.15, 0.2) is 91.0 Å². The van der Waals surface area contributed by atoms with E-state index in [4.69, 9.17) is 4.74 Å². The average Bonchev–Trinajstić information content (AvgIpc) is 3.44. The van der Waals surface area contributed by atoms with Crippen LogP contribution in [0.4, 0.5) is 0 Å². The summed E-state index contributed by atoms with van der Waals surface area (Å²) < 4.78 is 4.94. The molecule has 3 heteroatoms. The summed E-state index contributed by atoms with van der Waals surface area (Å²) in [6, 6.07) is 35.5. The molecule has 30 heavy (non-hydrogen) atoms. The maximum Gasteiger partial charge on any atom is 3.00 e. The van der Waals surface area contributed by atoms with Crippen molar-refractivity contribution in [1.29, 1.82) is 0 Å². The molecule has 2 aliphatic rings. The summed E-state index contributed by atoms with van der Waals surface area (Å²) in [5.41, 5.74) is 1.36. The van der Waals surface area contributed by atoms with Gasteiger partial charge in [0.25, 0.3) is 0 Å². The van der Waals surface area contributed by atoms with Crippen LogP contribution >= 0.6 is 0 Å². The fraction of sp³-hybridized carbons (Fsp3) is 0.148. The van der Waals surface area contributed by atoms with Crippen molar-refractivity contribution < 1.29 is 30.6 Å². The predicted octanol–water partition coefficient (Wildman–Crippen LogP) is 5.27. The van der Waals surface area contributed by atoms with Crippen LogP contribution in [-0.4, -0.2) is 19.9 Å². The monoisotopic (exact) mass is 424 g/mol. The van der Waals surface area contributed by atoms with E-state index in [0.29, 0.717) is 6.71 Å². The van der Waals surface area contributed by atoms with Gasteiger partial charge in [-0.15, -0.1) is 0 Å². The molecule has 2 fully saturated rings. The third kappa shape index (κ3) is 13.7. The Morgan fingerprint density at radius 2 is 1.07 bits per heavy atom. The minimum Gasteiger partial charge on any atom is -0.381 e. The Kier molecular flexibility index (Phi) is 17.3. The molecule has 0 N–H and O–H groups in total. The molecule has 0 atom stereocenters. The number of rotatable bonds is 1. The molecule has 147 valence electrons. The molecule has 5 radical (unpaired) electrons. The van der Waals surface area contributed by atoms with E-state index >= 15 is 0 Å². The second kappa shape index (κ2) is 19.5. The maximum atomic E-state index is 4.94. The summed E-state index contributed by atoms with van der Waals surface area (Å²) in [7, 11) is 0. The molecule has 0 amide bonds. The first kappa shape index (κ1) is 26.6. The summed E-state index contributed by atoms with van der Waals surface area (Å²) in [5, 5.41) is 0. The number of benzene rings is 3. The fourth-order valence-electron chi connectivity index (χ4n) is 2.59. The SMILES string of the molecule is C1CCOC1.[CH]1[CH][CH]B(c2ccccc2)[CH][CH]1.[Sc+3].[c-]1ccccc1.[c-]1ccccc1. The van der Waals surface area contributed by atoms with E-state index in [1.165, 1.54) is 18.3 Å². The minimum atomic E-state index is 0. The van der Waals surface area contributed by atoms with E-state index in [0.717, 1.165) is 13.2 Å². The van der Waals surface area contributed by atoms with Gasteiger partial charge in [0, 0.05) is 13.2 Å². The predicted molar refractivity (Wildman–Crippen MR) is 124 cm³/mol. The third-order valence-corrected chi connectivity index (χ3v) is 4.09. The van der Waals surface area contributed by atoms with Gasteiger partial charge in [0.1, 0.15) is 0 Å². The van der Waals surface area contributed by atoms with Crippen LogP contribution < -0.4 is 5.46 Å². The van der Waals surface area contributed by atoms with Gasteiger partial charge in [-0.2, -0.15) is 72.8 Å². The van der Waals surface area contributed by atoms with Crippen LogP contribution in [0.25, 0.3) is 0 Å². The van der Waals surface area contributed by atoms with Crippen LogP contribution in [0, 0.1) is 44.0 Å². The molecular formula is C27H28BOSc+. The topological polar surface area (TPSA) is 9.23 Å². The molecule has 5 rings (SSSR count). The molecule has 0 aromatic heterocycles. The van der Waals surface area contributed by atoms with Crippen LogP contribution in [0.1, 0.15) is 12.8 Å². The molecular weight excluding hydrogens is 396 g/mol. The summed E-state index contributed by atoms with van der Waals surface area (Å²) in [4.78, 5) is 0. The Morgan fingerprint density at radius 3 is 1.40 bits per heavy atom. The first-order valence-electron chi connectivity index (χ1n) is 10.1. The van der Waals surface area contributed by atoms with Gasteiger partial charge in [0.15, 0.2) is 6.71 Å². The number of hydrogen-bond donors (Lipinski definition) is 0. The molecule has 3 aromatic rings. The minimum absolute atomic E-state index is 0. The van der Waals surface area contributed by atoms with Gasteiger partial charge in [-0.3, -0.25) is 0 Å². The second-order valence-corrected chi connectivity index (χ2v) is 6.37. The zero-order chi connectivity index (χ0) is 20.2. The van der Waals surface area contributed by atoms with E-state index in [1.807, 2.05) is 66.7 Å². The molecule has 2 aliphatic heterocycles. The average molecular weight is 424 g/mol. The van der Waals surface area contributed by atoms with Gasteiger partial charge in [-0.25, -0.2) is 0 Å². The first-order valence-corrected chi connectivity index (χ1v) is 10.1. The van der Waals surface area contributed by atoms with Crippen LogP contribution in [0.2, 0.25) is 0 Å². The Morgan fingerprint density at radius 1 is 0.600 bits per heavy atom. The zero-order valence-electron chi connectivity index (χ0n) is 17.4. The van der Waals surface area contributed by atoms with Crippen LogP contribution in [0.5, 0.6) is 0 Å². The van der Waals surface area contributed by atoms with Crippen LogP contribution in [-0.2, 0) is 30.6 Å².